The highest BCUT2D eigenvalue weighted by Crippen LogP contribution is 1.86. The standard InChI is InChI=1S/C5H9F2N/c1-2-3-8-4-5(6)7/h2-3,5,8H,4H2,1H3/b3-2-. The van der Waals surface area contributed by atoms with Crippen LogP contribution in [0.2, 0.25) is 0 Å². The summed E-state index contributed by atoms with van der Waals surface area (Å²) in [6, 6.07) is 0. The molecule has 0 spiro atoms. The molecular formula is C5H9F2N. The lowest BCUT2D eigenvalue weighted by atomic mass is 10.6. The Labute approximate surface area is 47.4 Å². The summed E-state index contributed by atoms with van der Waals surface area (Å²) < 4.78 is 22.5. The van der Waals surface area contributed by atoms with Crippen molar-refractivity contribution in [3.8, 4) is 0 Å². The number of hydrogen-bond acceptors (Lipinski definition) is 1. The van der Waals surface area contributed by atoms with Gasteiger partial charge in [0.05, 0.1) is 6.54 Å². The van der Waals surface area contributed by atoms with Crippen molar-refractivity contribution < 1.29 is 8.78 Å². The summed E-state index contributed by atoms with van der Waals surface area (Å²) in [7, 11) is 0. The van der Waals surface area contributed by atoms with E-state index in [1.807, 2.05) is 0 Å². The Bertz CT molecular complexity index is 70.8. The second-order valence-electron chi connectivity index (χ2n) is 1.30. The van der Waals surface area contributed by atoms with Crippen molar-refractivity contribution in [1.82, 2.24) is 5.32 Å². The van der Waals surface area contributed by atoms with Gasteiger partial charge in [-0.1, -0.05) is 6.08 Å². The van der Waals surface area contributed by atoms with Crippen molar-refractivity contribution >= 4 is 0 Å². The van der Waals surface area contributed by atoms with Crippen molar-refractivity contribution in [2.24, 2.45) is 0 Å². The lowest BCUT2D eigenvalue weighted by Crippen LogP contribution is -2.14. The van der Waals surface area contributed by atoms with Crippen molar-refractivity contribution in [2.75, 3.05) is 6.54 Å². The van der Waals surface area contributed by atoms with E-state index < -0.39 is 6.43 Å². The molecule has 0 fully saturated rings. The summed E-state index contributed by atoms with van der Waals surface area (Å²) in [5.41, 5.74) is 0. The summed E-state index contributed by atoms with van der Waals surface area (Å²) in [6.07, 6.45) is 0.903. The lowest BCUT2D eigenvalue weighted by molar-refractivity contribution is 0.150. The fourth-order valence-electron chi connectivity index (χ4n) is 0.275. The molecule has 0 bridgehead atoms. The molecule has 0 aliphatic heterocycles. The van der Waals surface area contributed by atoms with Crippen molar-refractivity contribution in [3.63, 3.8) is 0 Å². The Kier molecular flexibility index (Phi) is 4.21. The number of rotatable bonds is 3. The van der Waals surface area contributed by atoms with Crippen LogP contribution in [0, 0.1) is 0 Å². The minimum absolute atomic E-state index is 0.260. The molecule has 8 heavy (non-hydrogen) atoms. The molecule has 0 unspecified atom stereocenters. The molecule has 0 aromatic carbocycles. The predicted octanol–water partition coefficient (Wildman–Crippen LogP) is 1.37. The third-order valence-electron chi connectivity index (χ3n) is 0.557. The first kappa shape index (κ1) is 7.40. The molecule has 0 saturated heterocycles. The minimum atomic E-state index is -2.26. The van der Waals surface area contributed by atoms with Crippen LogP contribution in [0.25, 0.3) is 0 Å². The Morgan fingerprint density at radius 1 is 1.62 bits per heavy atom. The largest absolute Gasteiger partial charge is 0.385 e. The van der Waals surface area contributed by atoms with Crippen LogP contribution in [0.15, 0.2) is 12.3 Å². The van der Waals surface area contributed by atoms with Crippen molar-refractivity contribution in [2.45, 2.75) is 13.3 Å². The topological polar surface area (TPSA) is 12.0 Å². The summed E-state index contributed by atoms with van der Waals surface area (Å²) in [5, 5.41) is 2.40. The zero-order valence-corrected chi connectivity index (χ0v) is 4.70. The fourth-order valence-corrected chi connectivity index (χ4v) is 0.275. The van der Waals surface area contributed by atoms with Gasteiger partial charge in [-0.05, 0) is 13.1 Å². The van der Waals surface area contributed by atoms with Crippen LogP contribution in [0.1, 0.15) is 6.92 Å². The van der Waals surface area contributed by atoms with Crippen LogP contribution >= 0.6 is 0 Å². The molecule has 0 aromatic heterocycles. The maximum atomic E-state index is 11.3. The van der Waals surface area contributed by atoms with Crippen LogP contribution in [0.4, 0.5) is 8.78 Å². The van der Waals surface area contributed by atoms with Gasteiger partial charge >= 0.3 is 0 Å². The molecule has 0 amide bonds. The smallest absolute Gasteiger partial charge is 0.255 e. The second kappa shape index (κ2) is 4.56. The Morgan fingerprint density at radius 3 is 2.62 bits per heavy atom. The Morgan fingerprint density at radius 2 is 2.25 bits per heavy atom. The van der Waals surface area contributed by atoms with Gasteiger partial charge in [0.25, 0.3) is 6.43 Å². The Balaban J connectivity index is 2.93. The van der Waals surface area contributed by atoms with E-state index >= 15 is 0 Å². The molecular weight excluding hydrogens is 112 g/mol. The van der Waals surface area contributed by atoms with Gasteiger partial charge in [-0.2, -0.15) is 0 Å². The number of halogens is 2. The van der Waals surface area contributed by atoms with Gasteiger partial charge in [-0.15, -0.1) is 0 Å². The van der Waals surface area contributed by atoms with Gasteiger partial charge in [0.2, 0.25) is 0 Å². The minimum Gasteiger partial charge on any atom is -0.385 e. The number of alkyl halides is 2. The van der Waals surface area contributed by atoms with Crippen LogP contribution in [-0.4, -0.2) is 13.0 Å². The lowest BCUT2D eigenvalue weighted by Gasteiger charge is -1.95. The average molecular weight is 121 g/mol. The van der Waals surface area contributed by atoms with Gasteiger partial charge in [-0.25, -0.2) is 8.78 Å². The Hall–Kier alpha value is -0.600. The van der Waals surface area contributed by atoms with Gasteiger partial charge in [0.1, 0.15) is 0 Å². The van der Waals surface area contributed by atoms with Crippen LogP contribution in [0.3, 0.4) is 0 Å². The predicted molar refractivity (Wildman–Crippen MR) is 28.8 cm³/mol. The third kappa shape index (κ3) is 5.40. The van der Waals surface area contributed by atoms with Crippen molar-refractivity contribution in [1.29, 1.82) is 0 Å². The average Bonchev–Trinajstić information content (AvgIpc) is 1.66. The molecule has 0 saturated carbocycles. The van der Waals surface area contributed by atoms with Gasteiger partial charge < -0.3 is 5.32 Å². The van der Waals surface area contributed by atoms with Gasteiger partial charge in [-0.3, -0.25) is 0 Å². The van der Waals surface area contributed by atoms with Crippen LogP contribution in [-0.2, 0) is 0 Å². The highest BCUT2D eigenvalue weighted by Gasteiger charge is 1.95. The van der Waals surface area contributed by atoms with E-state index in [-0.39, 0.29) is 6.54 Å². The van der Waals surface area contributed by atoms with E-state index in [4.69, 9.17) is 0 Å². The maximum absolute atomic E-state index is 11.3. The summed E-state index contributed by atoms with van der Waals surface area (Å²) >= 11 is 0. The first-order valence-corrected chi connectivity index (χ1v) is 2.40. The van der Waals surface area contributed by atoms with E-state index in [1.54, 1.807) is 13.0 Å². The summed E-state index contributed by atoms with van der Waals surface area (Å²) in [6.45, 7) is 1.50. The normalized spacial score (nSPS) is 11.0. The van der Waals surface area contributed by atoms with E-state index in [1.165, 1.54) is 6.20 Å². The summed E-state index contributed by atoms with van der Waals surface area (Å²) in [4.78, 5) is 0. The molecule has 0 aliphatic rings. The van der Waals surface area contributed by atoms with Gasteiger partial charge in [0.15, 0.2) is 0 Å². The first-order valence-electron chi connectivity index (χ1n) is 2.40. The van der Waals surface area contributed by atoms with Crippen LogP contribution < -0.4 is 5.32 Å². The molecule has 0 heterocycles. The number of hydrogen-bond donors (Lipinski definition) is 1. The van der Waals surface area contributed by atoms with E-state index in [2.05, 4.69) is 5.32 Å². The van der Waals surface area contributed by atoms with Gasteiger partial charge in [0, 0.05) is 0 Å². The SMILES string of the molecule is C/C=C\NCC(F)F. The molecule has 48 valence electrons. The highest BCUT2D eigenvalue weighted by molar-refractivity contribution is 4.73. The molecule has 1 N–H and O–H groups in total. The molecule has 0 aliphatic carbocycles. The van der Waals surface area contributed by atoms with E-state index in [9.17, 15) is 8.78 Å². The molecule has 0 radical (unpaired) electrons. The molecule has 0 aromatic rings. The first-order chi connectivity index (χ1) is 3.77. The quantitative estimate of drug-likeness (QED) is 0.594. The molecule has 0 atom stereocenters. The zero-order chi connectivity index (χ0) is 6.41. The number of nitrogens with one attached hydrogen (secondary N) is 1. The second-order valence-corrected chi connectivity index (χ2v) is 1.30. The highest BCUT2D eigenvalue weighted by atomic mass is 19.3. The summed E-state index contributed by atoms with van der Waals surface area (Å²) in [5.74, 6) is 0. The maximum Gasteiger partial charge on any atom is 0.255 e. The molecule has 1 nitrogen and oxygen atoms in total. The van der Waals surface area contributed by atoms with Crippen molar-refractivity contribution in [3.05, 3.63) is 12.3 Å². The monoisotopic (exact) mass is 121 g/mol. The van der Waals surface area contributed by atoms with E-state index in [0.717, 1.165) is 0 Å². The van der Waals surface area contributed by atoms with E-state index in [0.29, 0.717) is 0 Å². The zero-order valence-electron chi connectivity index (χ0n) is 4.70. The molecule has 0 rings (SSSR count). The van der Waals surface area contributed by atoms with Crippen LogP contribution in [0.5, 0.6) is 0 Å². The number of allylic oxidation sites excluding steroid dienone is 1. The fraction of sp³-hybridized carbons (Fsp3) is 0.600. The molecule has 3 heteroatoms. The third-order valence-corrected chi connectivity index (χ3v) is 0.557.